The van der Waals surface area contributed by atoms with Gasteiger partial charge in [0.15, 0.2) is 11.0 Å². The lowest BCUT2D eigenvalue weighted by Gasteiger charge is -2.15. The first kappa shape index (κ1) is 21.9. The Labute approximate surface area is 157 Å². The molecule has 0 spiro atoms. The second-order valence-corrected chi connectivity index (χ2v) is 7.89. The van der Waals surface area contributed by atoms with Gasteiger partial charge in [0.05, 0.1) is 6.61 Å². The van der Waals surface area contributed by atoms with Crippen LogP contribution < -0.4 is 0 Å². The summed E-state index contributed by atoms with van der Waals surface area (Å²) >= 11 is 0.978. The third-order valence-corrected chi connectivity index (χ3v) is 4.14. The minimum Gasteiger partial charge on any atom is -0.465 e. The highest BCUT2D eigenvalue weighted by Gasteiger charge is 2.30. The van der Waals surface area contributed by atoms with E-state index in [-0.39, 0.29) is 23.8 Å². The summed E-state index contributed by atoms with van der Waals surface area (Å²) in [5.74, 6) is -0.602. The van der Waals surface area contributed by atoms with Crippen molar-refractivity contribution in [1.82, 2.24) is 19.7 Å². The number of thioether (sulfide) groups is 1. The van der Waals surface area contributed by atoms with Crippen molar-refractivity contribution in [2.75, 3.05) is 27.3 Å². The number of carbonyl (C=O) groups excluding carboxylic acids is 3. The molecule has 1 aromatic rings. The molecule has 0 aliphatic carbocycles. The first-order valence-corrected chi connectivity index (χ1v) is 9.01. The molecule has 1 unspecified atom stereocenters. The molecule has 0 saturated heterocycles. The maximum atomic E-state index is 12.4. The van der Waals surface area contributed by atoms with Gasteiger partial charge in [0.25, 0.3) is 0 Å². The van der Waals surface area contributed by atoms with Gasteiger partial charge in [-0.3, -0.25) is 9.59 Å². The molecule has 0 bridgehead atoms. The second-order valence-electron chi connectivity index (χ2n) is 6.72. The van der Waals surface area contributed by atoms with Crippen molar-refractivity contribution in [2.24, 2.45) is 0 Å². The third-order valence-electron chi connectivity index (χ3n) is 3.05. The number of hydrogen-bond donors (Lipinski definition) is 0. The lowest BCUT2D eigenvalue weighted by molar-refractivity contribution is -0.147. The molecule has 0 radical (unpaired) electrons. The van der Waals surface area contributed by atoms with Crippen LogP contribution >= 0.6 is 11.8 Å². The fourth-order valence-corrected chi connectivity index (χ4v) is 2.62. The van der Waals surface area contributed by atoms with Crippen molar-refractivity contribution in [3.8, 4) is 0 Å². The zero-order valence-corrected chi connectivity index (χ0v) is 17.0. The smallest absolute Gasteiger partial charge is 0.346 e. The summed E-state index contributed by atoms with van der Waals surface area (Å²) in [6.07, 6.45) is 0. The highest BCUT2D eigenvalue weighted by molar-refractivity contribution is 8.00. The van der Waals surface area contributed by atoms with Gasteiger partial charge in [-0.25, -0.2) is 9.78 Å². The van der Waals surface area contributed by atoms with E-state index in [1.165, 1.54) is 11.8 Å². The first-order chi connectivity index (χ1) is 12.0. The molecule has 10 heteroatoms. The molecule has 1 atom stereocenters. The molecule has 1 amide bonds. The number of nitrogens with zero attached hydrogens (tertiary/aromatic N) is 4. The molecule has 0 N–H and O–H groups in total. The second kappa shape index (κ2) is 9.02. The number of esters is 2. The van der Waals surface area contributed by atoms with Gasteiger partial charge in [-0.1, -0.05) is 32.5 Å². The van der Waals surface area contributed by atoms with E-state index < -0.39 is 23.2 Å². The highest BCUT2D eigenvalue weighted by Crippen LogP contribution is 2.27. The number of hydrogen-bond acceptors (Lipinski definition) is 8. The molecule has 146 valence electrons. The van der Waals surface area contributed by atoms with E-state index in [1.54, 1.807) is 21.0 Å². The van der Waals surface area contributed by atoms with Crippen molar-refractivity contribution in [3.63, 3.8) is 0 Å². The summed E-state index contributed by atoms with van der Waals surface area (Å²) in [5, 5.41) is 3.67. The molecule has 0 fully saturated rings. The Morgan fingerprint density at radius 1 is 1.23 bits per heavy atom. The molecular weight excluding hydrogens is 360 g/mol. The maximum absolute atomic E-state index is 12.4. The van der Waals surface area contributed by atoms with E-state index in [0.717, 1.165) is 16.4 Å². The fourth-order valence-electron chi connectivity index (χ4n) is 1.71. The molecule has 1 rings (SSSR count). The monoisotopic (exact) mass is 386 g/mol. The Balaban J connectivity index is 3.22. The number of aromatic nitrogens is 3. The van der Waals surface area contributed by atoms with Crippen LogP contribution in [-0.2, 0) is 24.5 Å². The van der Waals surface area contributed by atoms with Crippen LogP contribution in [0.1, 0.15) is 40.4 Å². The van der Waals surface area contributed by atoms with E-state index in [2.05, 4.69) is 10.1 Å². The maximum Gasteiger partial charge on any atom is 0.346 e. The SMILES string of the molecule is CCOC(=O)C(COC(C)=O)Sc1nc(C(C)(C)C)nn1C(=O)N(C)C. The van der Waals surface area contributed by atoms with Crippen LogP contribution in [0.15, 0.2) is 5.16 Å². The molecule has 0 aromatic carbocycles. The zero-order valence-electron chi connectivity index (χ0n) is 16.2. The van der Waals surface area contributed by atoms with Crippen LogP contribution in [0.5, 0.6) is 0 Å². The Morgan fingerprint density at radius 3 is 2.31 bits per heavy atom. The van der Waals surface area contributed by atoms with Gasteiger partial charge in [0.2, 0.25) is 0 Å². The van der Waals surface area contributed by atoms with Crippen molar-refractivity contribution in [1.29, 1.82) is 0 Å². The van der Waals surface area contributed by atoms with Gasteiger partial charge in [0, 0.05) is 26.4 Å². The van der Waals surface area contributed by atoms with Gasteiger partial charge in [-0.15, -0.1) is 5.10 Å². The highest BCUT2D eigenvalue weighted by atomic mass is 32.2. The van der Waals surface area contributed by atoms with Crippen LogP contribution in [0.2, 0.25) is 0 Å². The minimum absolute atomic E-state index is 0.187. The largest absolute Gasteiger partial charge is 0.465 e. The van der Waals surface area contributed by atoms with E-state index in [1.807, 2.05) is 20.8 Å². The number of ether oxygens (including phenoxy) is 2. The minimum atomic E-state index is -0.857. The predicted octanol–water partition coefficient (Wildman–Crippen LogP) is 1.69. The van der Waals surface area contributed by atoms with Crippen LogP contribution in [0.4, 0.5) is 4.79 Å². The van der Waals surface area contributed by atoms with Gasteiger partial charge < -0.3 is 14.4 Å². The summed E-state index contributed by atoms with van der Waals surface area (Å²) < 4.78 is 11.1. The van der Waals surface area contributed by atoms with Crippen LogP contribution in [0.3, 0.4) is 0 Å². The van der Waals surface area contributed by atoms with E-state index in [4.69, 9.17) is 9.47 Å². The van der Waals surface area contributed by atoms with Crippen molar-refractivity contribution in [3.05, 3.63) is 5.82 Å². The van der Waals surface area contributed by atoms with Crippen LogP contribution in [-0.4, -0.2) is 70.2 Å². The Morgan fingerprint density at radius 2 is 1.85 bits per heavy atom. The third kappa shape index (κ3) is 6.01. The fraction of sp³-hybridized carbons (Fsp3) is 0.688. The standard InChI is InChI=1S/C16H26N4O5S/c1-8-24-12(22)11(9-25-10(2)21)26-14-17-13(16(3,4)5)18-20(14)15(23)19(6)7/h11H,8-9H2,1-7H3. The lowest BCUT2D eigenvalue weighted by atomic mass is 9.96. The van der Waals surface area contributed by atoms with Gasteiger partial charge in [-0.2, -0.15) is 4.68 Å². The predicted molar refractivity (Wildman–Crippen MR) is 96.1 cm³/mol. The lowest BCUT2D eigenvalue weighted by Crippen LogP contribution is -2.31. The van der Waals surface area contributed by atoms with Crippen LogP contribution in [0, 0.1) is 0 Å². The first-order valence-electron chi connectivity index (χ1n) is 8.13. The number of carbonyl (C=O) groups is 3. The quantitative estimate of drug-likeness (QED) is 0.537. The van der Waals surface area contributed by atoms with Gasteiger partial charge in [-0.05, 0) is 6.92 Å². The summed E-state index contributed by atoms with van der Waals surface area (Å²) in [4.78, 5) is 41.5. The molecule has 9 nitrogen and oxygen atoms in total. The topological polar surface area (TPSA) is 104 Å². The average molecular weight is 386 g/mol. The Kier molecular flexibility index (Phi) is 7.61. The van der Waals surface area contributed by atoms with Crippen molar-refractivity contribution < 1.29 is 23.9 Å². The molecule has 0 aliphatic rings. The molecule has 26 heavy (non-hydrogen) atoms. The summed E-state index contributed by atoms with van der Waals surface area (Å²) in [6, 6.07) is -0.398. The number of amides is 1. The Hall–Kier alpha value is -2.10. The normalized spacial score (nSPS) is 12.4. The molecule has 1 aromatic heterocycles. The van der Waals surface area contributed by atoms with Crippen molar-refractivity contribution >= 4 is 29.7 Å². The Bertz CT molecular complexity index is 666. The summed E-state index contributed by atoms with van der Waals surface area (Å²) in [7, 11) is 3.19. The summed E-state index contributed by atoms with van der Waals surface area (Å²) in [6.45, 7) is 8.69. The molecule has 0 saturated carbocycles. The average Bonchev–Trinajstić information content (AvgIpc) is 2.94. The molecular formula is C16H26N4O5S. The number of rotatable bonds is 6. The van der Waals surface area contributed by atoms with E-state index >= 15 is 0 Å². The zero-order chi connectivity index (χ0) is 20.1. The molecule has 0 aliphatic heterocycles. The van der Waals surface area contributed by atoms with Gasteiger partial charge >= 0.3 is 18.0 Å². The van der Waals surface area contributed by atoms with E-state index in [9.17, 15) is 14.4 Å². The molecule has 1 heterocycles. The van der Waals surface area contributed by atoms with E-state index in [0.29, 0.717) is 5.82 Å². The summed E-state index contributed by atoms with van der Waals surface area (Å²) in [5.41, 5.74) is -0.386. The van der Waals surface area contributed by atoms with Crippen LogP contribution in [0.25, 0.3) is 0 Å². The van der Waals surface area contributed by atoms with Crippen molar-refractivity contribution in [2.45, 2.75) is 50.4 Å². The van der Waals surface area contributed by atoms with Gasteiger partial charge in [0.1, 0.15) is 11.9 Å².